The van der Waals surface area contributed by atoms with Crippen LogP contribution in [-0.4, -0.2) is 53.3 Å². The number of carbonyl (C=O) groups is 2. The van der Waals surface area contributed by atoms with Gasteiger partial charge in [-0.2, -0.15) is 0 Å². The van der Waals surface area contributed by atoms with Crippen molar-refractivity contribution in [2.45, 2.75) is 58.7 Å². The molecule has 0 heterocycles. The van der Waals surface area contributed by atoms with Crippen molar-refractivity contribution >= 4 is 12.1 Å². The van der Waals surface area contributed by atoms with Crippen LogP contribution in [0.3, 0.4) is 0 Å². The topological polar surface area (TPSA) is 78.9 Å². The molecule has 0 aliphatic carbocycles. The summed E-state index contributed by atoms with van der Waals surface area (Å²) in [5, 5.41) is 12.4. The molecule has 0 saturated carbocycles. The lowest BCUT2D eigenvalue weighted by molar-refractivity contribution is -0.144. The van der Waals surface area contributed by atoms with Gasteiger partial charge in [-0.05, 0) is 45.7 Å². The van der Waals surface area contributed by atoms with E-state index in [1.165, 1.54) is 0 Å². The first-order chi connectivity index (χ1) is 12.0. The number of carboxylic acid groups (broad SMARTS) is 1. The van der Waals surface area contributed by atoms with Crippen molar-refractivity contribution in [1.29, 1.82) is 0 Å². The van der Waals surface area contributed by atoms with E-state index in [0.717, 1.165) is 5.56 Å². The molecule has 1 aromatic rings. The summed E-state index contributed by atoms with van der Waals surface area (Å²) >= 11 is 0. The quantitative estimate of drug-likeness (QED) is 0.741. The van der Waals surface area contributed by atoms with Gasteiger partial charge in [0.05, 0.1) is 0 Å². The fourth-order valence-corrected chi connectivity index (χ4v) is 2.98. The Morgan fingerprint density at radius 1 is 1.19 bits per heavy atom. The molecule has 0 aliphatic heterocycles. The number of amides is 1. The van der Waals surface area contributed by atoms with Gasteiger partial charge in [0.25, 0.3) is 0 Å². The van der Waals surface area contributed by atoms with Crippen molar-refractivity contribution in [3.8, 4) is 0 Å². The molecule has 0 bridgehead atoms. The fourth-order valence-electron chi connectivity index (χ4n) is 2.98. The van der Waals surface area contributed by atoms with Gasteiger partial charge in [0.2, 0.25) is 0 Å². The van der Waals surface area contributed by atoms with Crippen LogP contribution in [0.5, 0.6) is 0 Å². The minimum atomic E-state index is -0.863. The van der Waals surface area contributed by atoms with Crippen LogP contribution in [0.2, 0.25) is 0 Å². The van der Waals surface area contributed by atoms with Crippen LogP contribution in [0, 0.1) is 5.92 Å². The van der Waals surface area contributed by atoms with Crippen LogP contribution in [0.1, 0.15) is 40.2 Å². The summed E-state index contributed by atoms with van der Waals surface area (Å²) in [5.41, 5.74) is 0.479. The lowest BCUT2D eigenvalue weighted by Crippen LogP contribution is -2.51. The second-order valence-corrected chi connectivity index (χ2v) is 8.00. The van der Waals surface area contributed by atoms with Crippen LogP contribution in [0.15, 0.2) is 30.3 Å². The zero-order chi connectivity index (χ0) is 19.9. The Hall–Kier alpha value is -2.08. The van der Waals surface area contributed by atoms with Gasteiger partial charge in [-0.25, -0.2) is 4.79 Å². The van der Waals surface area contributed by atoms with Crippen LogP contribution < -0.4 is 5.32 Å². The van der Waals surface area contributed by atoms with Gasteiger partial charge in [0.1, 0.15) is 11.6 Å². The standard InChI is InChI=1S/C20H32N2O4/c1-14(2)17(18(23)24)22(6)13-16(12-15-10-8-7-9-11-15)21-19(25)26-20(3,4)5/h7-11,14,16-17H,12-13H2,1-6H3,(H,21,25)(H,23,24)/t16-,17+/m1/s1. The highest BCUT2D eigenvalue weighted by Gasteiger charge is 2.29. The number of carbonyl (C=O) groups excluding carboxylic acids is 1. The predicted molar refractivity (Wildman–Crippen MR) is 102 cm³/mol. The average Bonchev–Trinajstić information content (AvgIpc) is 2.44. The molecule has 0 radical (unpaired) electrons. The Labute approximate surface area is 156 Å². The summed E-state index contributed by atoms with van der Waals surface area (Å²) in [6.07, 6.45) is 0.0951. The van der Waals surface area contributed by atoms with E-state index in [0.29, 0.717) is 13.0 Å². The molecule has 2 N–H and O–H groups in total. The minimum Gasteiger partial charge on any atom is -0.480 e. The monoisotopic (exact) mass is 364 g/mol. The van der Waals surface area contributed by atoms with Crippen molar-refractivity contribution in [2.24, 2.45) is 5.92 Å². The van der Waals surface area contributed by atoms with Crippen molar-refractivity contribution in [3.05, 3.63) is 35.9 Å². The molecule has 6 heteroatoms. The maximum absolute atomic E-state index is 12.2. The molecule has 2 atom stereocenters. The summed E-state index contributed by atoms with van der Waals surface area (Å²) in [6.45, 7) is 9.59. The van der Waals surface area contributed by atoms with Gasteiger partial charge in [-0.3, -0.25) is 9.69 Å². The maximum Gasteiger partial charge on any atom is 0.407 e. The molecular formula is C20H32N2O4. The summed E-state index contributed by atoms with van der Waals surface area (Å²) < 4.78 is 5.36. The number of nitrogens with zero attached hydrogens (tertiary/aromatic N) is 1. The number of benzene rings is 1. The molecule has 26 heavy (non-hydrogen) atoms. The Morgan fingerprint density at radius 2 is 1.77 bits per heavy atom. The molecular weight excluding hydrogens is 332 g/mol. The molecule has 1 rings (SSSR count). The van der Waals surface area contributed by atoms with Crippen LogP contribution >= 0.6 is 0 Å². The zero-order valence-corrected chi connectivity index (χ0v) is 16.7. The summed E-state index contributed by atoms with van der Waals surface area (Å²) in [4.78, 5) is 25.6. The number of hydrogen-bond acceptors (Lipinski definition) is 4. The Bertz CT molecular complexity index is 581. The van der Waals surface area contributed by atoms with Crippen molar-refractivity contribution in [1.82, 2.24) is 10.2 Å². The lowest BCUT2D eigenvalue weighted by Gasteiger charge is -2.32. The fraction of sp³-hybridized carbons (Fsp3) is 0.600. The molecule has 0 unspecified atom stereocenters. The third kappa shape index (κ3) is 7.87. The van der Waals surface area contributed by atoms with E-state index in [-0.39, 0.29) is 12.0 Å². The SMILES string of the molecule is CC(C)[C@@H](C(=O)O)N(C)C[C@@H](Cc1ccccc1)NC(=O)OC(C)(C)C. The van der Waals surface area contributed by atoms with E-state index >= 15 is 0 Å². The summed E-state index contributed by atoms with van der Waals surface area (Å²) in [5.74, 6) is -0.908. The van der Waals surface area contributed by atoms with E-state index < -0.39 is 23.7 Å². The minimum absolute atomic E-state index is 0.0450. The smallest absolute Gasteiger partial charge is 0.407 e. The number of rotatable bonds is 8. The largest absolute Gasteiger partial charge is 0.480 e. The van der Waals surface area contributed by atoms with Gasteiger partial charge >= 0.3 is 12.1 Å². The van der Waals surface area contributed by atoms with Crippen molar-refractivity contribution in [2.75, 3.05) is 13.6 Å². The third-order valence-corrected chi connectivity index (χ3v) is 3.91. The van der Waals surface area contributed by atoms with Gasteiger partial charge in [0.15, 0.2) is 0 Å². The molecule has 1 aromatic carbocycles. The highest BCUT2D eigenvalue weighted by Crippen LogP contribution is 2.13. The lowest BCUT2D eigenvalue weighted by atomic mass is 10.0. The van der Waals surface area contributed by atoms with E-state index in [1.807, 2.05) is 65.0 Å². The van der Waals surface area contributed by atoms with E-state index in [1.54, 1.807) is 11.9 Å². The first-order valence-corrected chi connectivity index (χ1v) is 8.96. The zero-order valence-electron chi connectivity index (χ0n) is 16.7. The normalized spacial score (nSPS) is 14.2. The highest BCUT2D eigenvalue weighted by molar-refractivity contribution is 5.73. The molecule has 0 aliphatic rings. The van der Waals surface area contributed by atoms with Crippen LogP contribution in [-0.2, 0) is 16.0 Å². The second kappa shape index (κ2) is 9.57. The summed E-state index contributed by atoms with van der Waals surface area (Å²) in [6, 6.07) is 8.91. The first kappa shape index (κ1) is 22.0. The number of likely N-dealkylation sites (N-methyl/N-ethyl adjacent to an activating group) is 1. The predicted octanol–water partition coefficient (Wildman–Crippen LogP) is 3.16. The number of ether oxygens (including phenoxy) is 1. The van der Waals surface area contributed by atoms with Crippen LogP contribution in [0.25, 0.3) is 0 Å². The maximum atomic E-state index is 12.2. The van der Waals surface area contributed by atoms with E-state index in [4.69, 9.17) is 4.74 Å². The first-order valence-electron chi connectivity index (χ1n) is 8.96. The van der Waals surface area contributed by atoms with E-state index in [2.05, 4.69) is 5.32 Å². The van der Waals surface area contributed by atoms with Gasteiger partial charge < -0.3 is 15.2 Å². The summed E-state index contributed by atoms with van der Waals surface area (Å²) in [7, 11) is 1.77. The van der Waals surface area contributed by atoms with Crippen LogP contribution in [0.4, 0.5) is 4.79 Å². The molecule has 146 valence electrons. The Balaban J connectivity index is 2.89. The van der Waals surface area contributed by atoms with E-state index in [9.17, 15) is 14.7 Å². The molecule has 6 nitrogen and oxygen atoms in total. The van der Waals surface area contributed by atoms with Gasteiger partial charge in [-0.1, -0.05) is 44.2 Å². The highest BCUT2D eigenvalue weighted by atomic mass is 16.6. The second-order valence-electron chi connectivity index (χ2n) is 8.00. The number of alkyl carbamates (subject to hydrolysis) is 1. The Kier molecular flexibility index (Phi) is 8.08. The molecule has 1 amide bonds. The number of hydrogen-bond donors (Lipinski definition) is 2. The third-order valence-electron chi connectivity index (χ3n) is 3.91. The number of nitrogens with one attached hydrogen (secondary N) is 1. The van der Waals surface area contributed by atoms with Gasteiger partial charge in [0, 0.05) is 12.6 Å². The Morgan fingerprint density at radius 3 is 2.23 bits per heavy atom. The van der Waals surface area contributed by atoms with Gasteiger partial charge in [-0.15, -0.1) is 0 Å². The molecule has 0 spiro atoms. The van der Waals surface area contributed by atoms with Crippen molar-refractivity contribution < 1.29 is 19.4 Å². The number of aliphatic carboxylic acids is 1. The molecule has 0 fully saturated rings. The molecule has 0 saturated heterocycles. The van der Waals surface area contributed by atoms with Crippen molar-refractivity contribution in [3.63, 3.8) is 0 Å². The molecule has 0 aromatic heterocycles. The average molecular weight is 364 g/mol. The number of carboxylic acids is 1.